The fraction of sp³-hybridized carbons (Fsp3) is 0.500. The summed E-state index contributed by atoms with van der Waals surface area (Å²) in [5.41, 5.74) is 2.52. The molecule has 4 heteroatoms. The molecule has 0 saturated carbocycles. The molecular formula is C14H20N2O2. The maximum absolute atomic E-state index is 11.0. The SMILES string of the molecule is COC(=O)CNCc1ccccc1N1CCCC1. The van der Waals surface area contributed by atoms with Gasteiger partial charge in [0, 0.05) is 25.3 Å². The standard InChI is InChI=1S/C14H20N2O2/c1-18-14(17)11-15-10-12-6-2-3-7-13(12)16-8-4-5-9-16/h2-3,6-7,15H,4-5,8-11H2,1H3. The van der Waals surface area contributed by atoms with Crippen LogP contribution in [0.5, 0.6) is 0 Å². The molecule has 0 aromatic heterocycles. The van der Waals surface area contributed by atoms with Crippen molar-refractivity contribution in [2.75, 3.05) is 31.6 Å². The van der Waals surface area contributed by atoms with Gasteiger partial charge in [0.1, 0.15) is 0 Å². The molecule has 1 aliphatic heterocycles. The molecule has 98 valence electrons. The molecule has 0 radical (unpaired) electrons. The second-order valence-corrected chi connectivity index (χ2v) is 4.50. The smallest absolute Gasteiger partial charge is 0.319 e. The van der Waals surface area contributed by atoms with E-state index in [-0.39, 0.29) is 12.5 Å². The molecule has 1 aliphatic rings. The van der Waals surface area contributed by atoms with Crippen molar-refractivity contribution in [2.45, 2.75) is 19.4 Å². The average molecular weight is 248 g/mol. The Balaban J connectivity index is 1.96. The number of para-hydroxylation sites is 1. The highest BCUT2D eigenvalue weighted by molar-refractivity contribution is 5.71. The van der Waals surface area contributed by atoms with Crippen LogP contribution in [0.15, 0.2) is 24.3 Å². The Morgan fingerprint density at radius 3 is 2.78 bits per heavy atom. The molecular weight excluding hydrogens is 228 g/mol. The van der Waals surface area contributed by atoms with Crippen molar-refractivity contribution < 1.29 is 9.53 Å². The van der Waals surface area contributed by atoms with E-state index in [1.165, 1.54) is 31.2 Å². The van der Waals surface area contributed by atoms with Gasteiger partial charge in [-0.1, -0.05) is 18.2 Å². The lowest BCUT2D eigenvalue weighted by atomic mass is 10.1. The van der Waals surface area contributed by atoms with Crippen molar-refractivity contribution in [1.82, 2.24) is 5.32 Å². The zero-order valence-corrected chi connectivity index (χ0v) is 10.8. The summed E-state index contributed by atoms with van der Waals surface area (Å²) in [6.07, 6.45) is 2.54. The summed E-state index contributed by atoms with van der Waals surface area (Å²) in [5, 5.41) is 3.12. The van der Waals surface area contributed by atoms with Gasteiger partial charge in [-0.2, -0.15) is 0 Å². The lowest BCUT2D eigenvalue weighted by molar-refractivity contribution is -0.139. The minimum absolute atomic E-state index is 0.228. The van der Waals surface area contributed by atoms with Crippen LogP contribution in [-0.4, -0.2) is 32.7 Å². The van der Waals surface area contributed by atoms with E-state index in [1.807, 2.05) is 6.07 Å². The topological polar surface area (TPSA) is 41.6 Å². The third kappa shape index (κ3) is 3.23. The first-order chi connectivity index (χ1) is 8.81. The van der Waals surface area contributed by atoms with Crippen LogP contribution in [0, 0.1) is 0 Å². The van der Waals surface area contributed by atoms with Crippen LogP contribution in [0.3, 0.4) is 0 Å². The molecule has 4 nitrogen and oxygen atoms in total. The number of benzene rings is 1. The van der Waals surface area contributed by atoms with Crippen molar-refractivity contribution in [3.8, 4) is 0 Å². The molecule has 2 rings (SSSR count). The van der Waals surface area contributed by atoms with Crippen LogP contribution in [0.2, 0.25) is 0 Å². The quantitative estimate of drug-likeness (QED) is 0.803. The lowest BCUT2D eigenvalue weighted by Gasteiger charge is -2.21. The highest BCUT2D eigenvalue weighted by atomic mass is 16.5. The first-order valence-corrected chi connectivity index (χ1v) is 6.41. The average Bonchev–Trinajstić information content (AvgIpc) is 2.93. The third-order valence-corrected chi connectivity index (χ3v) is 3.25. The number of hydrogen-bond acceptors (Lipinski definition) is 4. The van der Waals surface area contributed by atoms with Gasteiger partial charge < -0.3 is 15.0 Å². The number of ether oxygens (including phenoxy) is 1. The van der Waals surface area contributed by atoms with Gasteiger partial charge in [-0.25, -0.2) is 0 Å². The fourth-order valence-electron chi connectivity index (χ4n) is 2.30. The molecule has 0 atom stereocenters. The van der Waals surface area contributed by atoms with Crippen LogP contribution in [0.1, 0.15) is 18.4 Å². The van der Waals surface area contributed by atoms with Crippen molar-refractivity contribution >= 4 is 11.7 Å². The zero-order chi connectivity index (χ0) is 12.8. The Morgan fingerprint density at radius 2 is 2.06 bits per heavy atom. The third-order valence-electron chi connectivity index (χ3n) is 3.25. The maximum Gasteiger partial charge on any atom is 0.319 e. The second kappa shape index (κ2) is 6.40. The zero-order valence-electron chi connectivity index (χ0n) is 10.8. The lowest BCUT2D eigenvalue weighted by Crippen LogP contribution is -2.25. The summed E-state index contributed by atoms with van der Waals surface area (Å²) in [7, 11) is 1.40. The predicted molar refractivity (Wildman–Crippen MR) is 71.6 cm³/mol. The number of hydrogen-bond donors (Lipinski definition) is 1. The summed E-state index contributed by atoms with van der Waals surface area (Å²) >= 11 is 0. The summed E-state index contributed by atoms with van der Waals surface area (Å²) < 4.78 is 4.61. The van der Waals surface area contributed by atoms with Gasteiger partial charge in [-0.05, 0) is 24.5 Å². The van der Waals surface area contributed by atoms with E-state index in [1.54, 1.807) is 0 Å². The highest BCUT2D eigenvalue weighted by Crippen LogP contribution is 2.24. The van der Waals surface area contributed by atoms with E-state index < -0.39 is 0 Å². The summed E-state index contributed by atoms with van der Waals surface area (Å²) in [6, 6.07) is 8.37. The van der Waals surface area contributed by atoms with E-state index in [2.05, 4.69) is 33.2 Å². The van der Waals surface area contributed by atoms with E-state index >= 15 is 0 Å². The molecule has 1 aromatic carbocycles. The Hall–Kier alpha value is -1.55. The number of carbonyl (C=O) groups is 1. The van der Waals surface area contributed by atoms with Crippen LogP contribution in [0.4, 0.5) is 5.69 Å². The monoisotopic (exact) mass is 248 g/mol. The molecule has 18 heavy (non-hydrogen) atoms. The molecule has 0 unspecified atom stereocenters. The first kappa shape index (κ1) is 12.9. The normalized spacial score (nSPS) is 14.8. The predicted octanol–water partition coefficient (Wildman–Crippen LogP) is 1.55. The van der Waals surface area contributed by atoms with Crippen molar-refractivity contribution in [3.05, 3.63) is 29.8 Å². The number of nitrogens with zero attached hydrogens (tertiary/aromatic N) is 1. The van der Waals surface area contributed by atoms with Gasteiger partial charge in [-0.15, -0.1) is 0 Å². The van der Waals surface area contributed by atoms with Crippen molar-refractivity contribution in [1.29, 1.82) is 0 Å². The van der Waals surface area contributed by atoms with Crippen molar-refractivity contribution in [2.24, 2.45) is 0 Å². The minimum Gasteiger partial charge on any atom is -0.468 e. The number of carbonyl (C=O) groups excluding carboxylic acids is 1. The largest absolute Gasteiger partial charge is 0.468 e. The number of anilines is 1. The minimum atomic E-state index is -0.228. The van der Waals surface area contributed by atoms with E-state index in [4.69, 9.17) is 0 Å². The Kier molecular flexibility index (Phi) is 4.59. The van der Waals surface area contributed by atoms with Gasteiger partial charge in [0.25, 0.3) is 0 Å². The van der Waals surface area contributed by atoms with Crippen LogP contribution in [0.25, 0.3) is 0 Å². The summed E-state index contributed by atoms with van der Waals surface area (Å²) in [5.74, 6) is -0.228. The van der Waals surface area contributed by atoms with E-state index in [0.717, 1.165) is 13.1 Å². The van der Waals surface area contributed by atoms with Gasteiger partial charge >= 0.3 is 5.97 Å². The molecule has 1 aromatic rings. The van der Waals surface area contributed by atoms with Crippen LogP contribution < -0.4 is 10.2 Å². The molecule has 1 fully saturated rings. The second-order valence-electron chi connectivity index (χ2n) is 4.50. The van der Waals surface area contributed by atoms with Crippen LogP contribution in [-0.2, 0) is 16.1 Å². The molecule has 0 aliphatic carbocycles. The number of methoxy groups -OCH3 is 1. The Morgan fingerprint density at radius 1 is 1.33 bits per heavy atom. The van der Waals surface area contributed by atoms with Crippen molar-refractivity contribution in [3.63, 3.8) is 0 Å². The van der Waals surface area contributed by atoms with Gasteiger partial charge in [0.2, 0.25) is 0 Å². The molecule has 0 spiro atoms. The number of nitrogens with one attached hydrogen (secondary N) is 1. The van der Waals surface area contributed by atoms with E-state index in [0.29, 0.717) is 6.54 Å². The summed E-state index contributed by atoms with van der Waals surface area (Å²) in [4.78, 5) is 13.5. The molecule has 0 bridgehead atoms. The molecule has 1 heterocycles. The van der Waals surface area contributed by atoms with E-state index in [9.17, 15) is 4.79 Å². The molecule has 1 N–H and O–H groups in total. The van der Waals surface area contributed by atoms with Crippen LogP contribution >= 0.6 is 0 Å². The summed E-state index contributed by atoms with van der Waals surface area (Å²) in [6.45, 7) is 3.22. The molecule has 0 amide bonds. The first-order valence-electron chi connectivity index (χ1n) is 6.41. The Labute approximate surface area is 108 Å². The number of esters is 1. The number of rotatable bonds is 5. The maximum atomic E-state index is 11.0. The Bertz CT molecular complexity index is 401. The van der Waals surface area contributed by atoms with Gasteiger partial charge in [-0.3, -0.25) is 4.79 Å². The fourth-order valence-corrected chi connectivity index (χ4v) is 2.30. The van der Waals surface area contributed by atoms with Gasteiger partial charge in [0.05, 0.1) is 13.7 Å². The highest BCUT2D eigenvalue weighted by Gasteiger charge is 2.15. The van der Waals surface area contributed by atoms with Gasteiger partial charge in [0.15, 0.2) is 0 Å². The molecule has 1 saturated heterocycles.